The highest BCUT2D eigenvalue weighted by Crippen LogP contribution is 2.16. The van der Waals surface area contributed by atoms with Gasteiger partial charge in [-0.3, -0.25) is 4.21 Å². The molecule has 21 heavy (non-hydrogen) atoms. The van der Waals surface area contributed by atoms with E-state index in [0.717, 1.165) is 24.3 Å². The third-order valence-corrected chi connectivity index (χ3v) is 4.85. The van der Waals surface area contributed by atoms with Crippen LogP contribution in [0.2, 0.25) is 0 Å². The number of nitrogens with one attached hydrogen (secondary N) is 1. The summed E-state index contributed by atoms with van der Waals surface area (Å²) in [4.78, 5) is 0. The Hall–Kier alpha value is -1.42. The summed E-state index contributed by atoms with van der Waals surface area (Å²) in [5, 5.41) is 22.2. The van der Waals surface area contributed by atoms with Gasteiger partial charge >= 0.3 is 0 Å². The molecule has 2 N–H and O–H groups in total. The van der Waals surface area contributed by atoms with Crippen molar-refractivity contribution in [2.75, 3.05) is 24.7 Å². The summed E-state index contributed by atoms with van der Waals surface area (Å²) in [6.45, 7) is 0.580. The van der Waals surface area contributed by atoms with Crippen molar-refractivity contribution in [3.05, 3.63) is 29.8 Å². The topological polar surface area (TPSA) is 82.3 Å². The van der Waals surface area contributed by atoms with E-state index in [0.29, 0.717) is 23.9 Å². The predicted octanol–water partition coefficient (Wildman–Crippen LogP) is 0.799. The van der Waals surface area contributed by atoms with E-state index in [4.69, 9.17) is 10.00 Å². The normalized spacial score (nSPS) is 23.2. The predicted molar refractivity (Wildman–Crippen MR) is 81.6 cm³/mol. The number of nitrogens with zero attached hydrogens (tertiary/aromatic N) is 1. The SMILES string of the molecule is N#Cc1ccccc1OCC(O)CNC1CCS(=O)CC1. The van der Waals surface area contributed by atoms with Gasteiger partial charge in [-0.2, -0.15) is 5.26 Å². The molecule has 0 radical (unpaired) electrons. The summed E-state index contributed by atoms with van der Waals surface area (Å²) < 4.78 is 16.7. The molecular weight excluding hydrogens is 288 g/mol. The summed E-state index contributed by atoms with van der Waals surface area (Å²) in [6, 6.07) is 9.35. The highest BCUT2D eigenvalue weighted by atomic mass is 32.2. The molecule has 0 saturated carbocycles. The molecule has 1 aromatic rings. The lowest BCUT2D eigenvalue weighted by Crippen LogP contribution is -2.41. The molecule has 1 fully saturated rings. The Kier molecular flexibility index (Phi) is 6.18. The number of benzene rings is 1. The fourth-order valence-corrected chi connectivity index (χ4v) is 3.53. The second-order valence-corrected chi connectivity index (χ2v) is 6.80. The van der Waals surface area contributed by atoms with Crippen LogP contribution in [0, 0.1) is 11.3 Å². The average molecular weight is 308 g/mol. The third kappa shape index (κ3) is 5.12. The van der Waals surface area contributed by atoms with Gasteiger partial charge in [0.1, 0.15) is 24.5 Å². The van der Waals surface area contributed by atoms with E-state index >= 15 is 0 Å². The maximum atomic E-state index is 11.3. The van der Waals surface area contributed by atoms with Gasteiger partial charge in [0, 0.05) is 34.9 Å². The zero-order valence-corrected chi connectivity index (χ0v) is 12.6. The quantitative estimate of drug-likeness (QED) is 0.812. The highest BCUT2D eigenvalue weighted by molar-refractivity contribution is 7.85. The van der Waals surface area contributed by atoms with Crippen molar-refractivity contribution in [3.63, 3.8) is 0 Å². The van der Waals surface area contributed by atoms with Gasteiger partial charge in [-0.1, -0.05) is 12.1 Å². The van der Waals surface area contributed by atoms with Gasteiger partial charge in [0.05, 0.1) is 5.56 Å². The summed E-state index contributed by atoms with van der Waals surface area (Å²) in [7, 11) is -0.665. The molecule has 1 heterocycles. The Morgan fingerprint density at radius 1 is 1.43 bits per heavy atom. The van der Waals surface area contributed by atoms with Crippen molar-refractivity contribution in [2.45, 2.75) is 25.0 Å². The maximum absolute atomic E-state index is 11.3. The molecule has 5 nitrogen and oxygen atoms in total. The standard InChI is InChI=1S/C15H20N2O3S/c16-9-12-3-1-2-4-15(12)20-11-14(18)10-17-13-5-7-21(19)8-6-13/h1-4,13-14,17-18H,5-8,10-11H2. The molecule has 1 aliphatic heterocycles. The minimum Gasteiger partial charge on any atom is -0.489 e. The van der Waals surface area contributed by atoms with E-state index in [2.05, 4.69) is 11.4 Å². The molecule has 0 bridgehead atoms. The molecule has 0 aromatic heterocycles. The third-order valence-electron chi connectivity index (χ3n) is 3.47. The molecule has 0 aliphatic carbocycles. The monoisotopic (exact) mass is 308 g/mol. The van der Waals surface area contributed by atoms with Crippen LogP contribution in [0.3, 0.4) is 0 Å². The number of nitriles is 1. The fourth-order valence-electron chi connectivity index (χ4n) is 2.23. The summed E-state index contributed by atoms with van der Waals surface area (Å²) in [6.07, 6.45) is 1.14. The van der Waals surface area contributed by atoms with E-state index in [9.17, 15) is 9.32 Å². The van der Waals surface area contributed by atoms with Crippen LogP contribution in [-0.4, -0.2) is 46.1 Å². The first-order chi connectivity index (χ1) is 10.2. The van der Waals surface area contributed by atoms with E-state index < -0.39 is 16.9 Å². The molecular formula is C15H20N2O3S. The van der Waals surface area contributed by atoms with Crippen molar-refractivity contribution in [1.29, 1.82) is 5.26 Å². The first-order valence-corrected chi connectivity index (χ1v) is 8.56. The van der Waals surface area contributed by atoms with E-state index in [1.807, 2.05) is 0 Å². The molecule has 2 rings (SSSR count). The van der Waals surface area contributed by atoms with E-state index in [1.54, 1.807) is 24.3 Å². The fraction of sp³-hybridized carbons (Fsp3) is 0.533. The van der Waals surface area contributed by atoms with Crippen molar-refractivity contribution in [3.8, 4) is 11.8 Å². The molecule has 1 aromatic carbocycles. The van der Waals surface area contributed by atoms with Gasteiger partial charge in [0.25, 0.3) is 0 Å². The second-order valence-electron chi connectivity index (χ2n) is 5.10. The van der Waals surface area contributed by atoms with Crippen molar-refractivity contribution >= 4 is 10.8 Å². The van der Waals surface area contributed by atoms with Gasteiger partial charge in [-0.15, -0.1) is 0 Å². The minimum absolute atomic E-state index is 0.143. The van der Waals surface area contributed by atoms with Crippen LogP contribution in [0.25, 0.3) is 0 Å². The lowest BCUT2D eigenvalue weighted by molar-refractivity contribution is 0.103. The van der Waals surface area contributed by atoms with Gasteiger partial charge in [0.2, 0.25) is 0 Å². The van der Waals surface area contributed by atoms with Crippen LogP contribution in [0.15, 0.2) is 24.3 Å². The zero-order chi connectivity index (χ0) is 15.1. The molecule has 1 atom stereocenters. The Morgan fingerprint density at radius 2 is 2.14 bits per heavy atom. The number of para-hydroxylation sites is 1. The molecule has 1 aliphatic rings. The van der Waals surface area contributed by atoms with Gasteiger partial charge in [0.15, 0.2) is 0 Å². The summed E-state index contributed by atoms with van der Waals surface area (Å²) in [5.74, 6) is 1.96. The van der Waals surface area contributed by atoms with Gasteiger partial charge in [-0.25, -0.2) is 0 Å². The van der Waals surface area contributed by atoms with Crippen molar-refractivity contribution < 1.29 is 14.1 Å². The lowest BCUT2D eigenvalue weighted by Gasteiger charge is -2.24. The van der Waals surface area contributed by atoms with Crippen LogP contribution in [-0.2, 0) is 10.8 Å². The van der Waals surface area contributed by atoms with Crippen LogP contribution >= 0.6 is 0 Å². The van der Waals surface area contributed by atoms with Gasteiger partial charge < -0.3 is 15.2 Å². The van der Waals surface area contributed by atoms with Crippen LogP contribution in [0.5, 0.6) is 5.75 Å². The van der Waals surface area contributed by atoms with Crippen molar-refractivity contribution in [2.24, 2.45) is 0 Å². The average Bonchev–Trinajstić information content (AvgIpc) is 2.52. The van der Waals surface area contributed by atoms with E-state index in [1.165, 1.54) is 0 Å². The molecule has 1 saturated heterocycles. The molecule has 1 unspecified atom stereocenters. The summed E-state index contributed by atoms with van der Waals surface area (Å²) >= 11 is 0. The molecule has 114 valence electrons. The first-order valence-electron chi connectivity index (χ1n) is 7.07. The van der Waals surface area contributed by atoms with Crippen LogP contribution in [0.1, 0.15) is 18.4 Å². The Bertz CT molecular complexity index is 520. The Labute approximate surface area is 127 Å². The lowest BCUT2D eigenvalue weighted by atomic mass is 10.1. The number of rotatable bonds is 6. The Morgan fingerprint density at radius 3 is 2.86 bits per heavy atom. The van der Waals surface area contributed by atoms with Crippen LogP contribution < -0.4 is 10.1 Å². The van der Waals surface area contributed by atoms with Crippen LogP contribution in [0.4, 0.5) is 0 Å². The van der Waals surface area contributed by atoms with Gasteiger partial charge in [-0.05, 0) is 25.0 Å². The number of ether oxygens (including phenoxy) is 1. The number of aliphatic hydroxyl groups excluding tert-OH is 1. The zero-order valence-electron chi connectivity index (χ0n) is 11.8. The number of hydrogen-bond acceptors (Lipinski definition) is 5. The maximum Gasteiger partial charge on any atom is 0.137 e. The Balaban J connectivity index is 1.71. The molecule has 0 spiro atoms. The van der Waals surface area contributed by atoms with Crippen molar-refractivity contribution in [1.82, 2.24) is 5.32 Å². The highest BCUT2D eigenvalue weighted by Gasteiger charge is 2.18. The second kappa shape index (κ2) is 8.13. The molecule has 6 heteroatoms. The largest absolute Gasteiger partial charge is 0.489 e. The van der Waals surface area contributed by atoms with E-state index in [-0.39, 0.29) is 6.61 Å². The summed E-state index contributed by atoms with van der Waals surface area (Å²) in [5.41, 5.74) is 0.465. The molecule has 0 amide bonds. The number of hydrogen-bond donors (Lipinski definition) is 2. The number of aliphatic hydroxyl groups is 1. The first kappa shape index (κ1) is 16.0. The minimum atomic E-state index is -0.665. The smallest absolute Gasteiger partial charge is 0.137 e.